The first-order valence-electron chi connectivity index (χ1n) is 14.6. The third-order valence-electron chi connectivity index (χ3n) is 9.15. The number of fused-ring (bicyclic) bond motifs is 2. The lowest BCUT2D eigenvalue weighted by Crippen LogP contribution is -2.51. The monoisotopic (exact) mass is 622 g/mol. The lowest BCUT2D eigenvalue weighted by molar-refractivity contribution is -0.146. The minimum atomic E-state index is -2.28. The molecule has 0 radical (unpaired) electrons. The molecule has 3 aromatic rings. The van der Waals surface area contributed by atoms with Gasteiger partial charge < -0.3 is 29.9 Å². The number of methoxy groups -OCH3 is 1. The molecule has 2 heterocycles. The second-order valence-electron chi connectivity index (χ2n) is 12.1. The van der Waals surface area contributed by atoms with Crippen LogP contribution in [-0.4, -0.2) is 56.0 Å². The van der Waals surface area contributed by atoms with Gasteiger partial charge in [-0.3, -0.25) is 9.59 Å². The molecule has 5 rings (SSSR count). The molecule has 0 aliphatic carbocycles. The van der Waals surface area contributed by atoms with Gasteiger partial charge in [0.15, 0.2) is 5.60 Å². The number of nitrogens with one attached hydrogen (secondary N) is 1. The Bertz CT molecular complexity index is 1500. The Kier molecular flexibility index (Phi) is 8.75. The smallest absolute Gasteiger partial charge is 0.264 e. The van der Waals surface area contributed by atoms with Crippen LogP contribution in [0.5, 0.6) is 5.75 Å². The van der Waals surface area contributed by atoms with Crippen molar-refractivity contribution in [2.24, 2.45) is 5.92 Å². The molecule has 1 fully saturated rings. The summed E-state index contributed by atoms with van der Waals surface area (Å²) >= 11 is 6.54. The second-order valence-corrected chi connectivity index (χ2v) is 17.2. The molecule has 0 saturated carbocycles. The summed E-state index contributed by atoms with van der Waals surface area (Å²) in [4.78, 5) is 28.3. The third-order valence-corrected chi connectivity index (χ3v) is 13.7. The first kappa shape index (κ1) is 31.2. The summed E-state index contributed by atoms with van der Waals surface area (Å²) < 4.78 is 12.3. The van der Waals surface area contributed by atoms with E-state index in [4.69, 9.17) is 21.1 Å². The van der Waals surface area contributed by atoms with Gasteiger partial charge in [0.1, 0.15) is 11.9 Å². The highest BCUT2D eigenvalue weighted by atomic mass is 35.5. The largest absolute Gasteiger partial charge is 0.497 e. The van der Waals surface area contributed by atoms with E-state index >= 15 is 0 Å². The molecule has 43 heavy (non-hydrogen) atoms. The SMILES string of the molecule is COc1ccc([Si](C)(C)[C@@H]2[C@@H](CCO)O[C@]3(C(=O)N(Cc4ccc(NC(=O)[C@H](C)O)cc4)c4ccc(Cl)cc43)[C@H]2C)cc1. The Labute approximate surface area is 258 Å². The van der Waals surface area contributed by atoms with Crippen molar-refractivity contribution >= 4 is 48.1 Å². The second kappa shape index (κ2) is 12.1. The van der Waals surface area contributed by atoms with Gasteiger partial charge in [0.2, 0.25) is 0 Å². The van der Waals surface area contributed by atoms with Crippen LogP contribution in [0.15, 0.2) is 66.7 Å². The van der Waals surface area contributed by atoms with Gasteiger partial charge in [-0.15, -0.1) is 0 Å². The summed E-state index contributed by atoms with van der Waals surface area (Å²) in [6.07, 6.45) is -1.02. The normalized spacial score (nSPS) is 23.9. The molecule has 0 unspecified atom stereocenters. The number of aliphatic hydroxyl groups is 2. The summed E-state index contributed by atoms with van der Waals surface area (Å²) in [5, 5.41) is 24.0. The lowest BCUT2D eigenvalue weighted by Gasteiger charge is -2.37. The minimum Gasteiger partial charge on any atom is -0.497 e. The maximum atomic E-state index is 14.7. The zero-order valence-electron chi connectivity index (χ0n) is 25.1. The highest BCUT2D eigenvalue weighted by molar-refractivity contribution is 6.91. The van der Waals surface area contributed by atoms with Crippen molar-refractivity contribution in [2.75, 3.05) is 23.9 Å². The van der Waals surface area contributed by atoms with Gasteiger partial charge >= 0.3 is 0 Å². The molecule has 10 heteroatoms. The number of nitrogens with zero attached hydrogens (tertiary/aromatic N) is 1. The molecule has 8 nitrogen and oxygen atoms in total. The van der Waals surface area contributed by atoms with Crippen molar-refractivity contribution in [3.05, 3.63) is 82.9 Å². The van der Waals surface area contributed by atoms with Crippen molar-refractivity contribution in [1.29, 1.82) is 0 Å². The molecule has 2 amide bonds. The van der Waals surface area contributed by atoms with Gasteiger partial charge in [0.05, 0.1) is 33.5 Å². The molecule has 2 aliphatic rings. The molecule has 228 valence electrons. The highest BCUT2D eigenvalue weighted by Gasteiger charge is 2.66. The lowest BCUT2D eigenvalue weighted by atomic mass is 9.82. The molecule has 1 saturated heterocycles. The predicted octanol–water partition coefficient (Wildman–Crippen LogP) is 4.81. The zero-order chi connectivity index (χ0) is 31.1. The van der Waals surface area contributed by atoms with Crippen LogP contribution in [0, 0.1) is 5.92 Å². The van der Waals surface area contributed by atoms with Gasteiger partial charge in [-0.25, -0.2) is 0 Å². The Morgan fingerprint density at radius 2 is 1.81 bits per heavy atom. The van der Waals surface area contributed by atoms with Crippen molar-refractivity contribution in [2.45, 2.75) is 63.3 Å². The number of hydrogen-bond donors (Lipinski definition) is 3. The molecule has 3 aromatic carbocycles. The van der Waals surface area contributed by atoms with E-state index in [0.29, 0.717) is 23.7 Å². The van der Waals surface area contributed by atoms with Gasteiger partial charge in [-0.1, -0.05) is 61.1 Å². The van der Waals surface area contributed by atoms with Gasteiger partial charge in [0.25, 0.3) is 11.8 Å². The maximum Gasteiger partial charge on any atom is 0.264 e. The molecule has 0 aromatic heterocycles. The van der Waals surface area contributed by atoms with Crippen molar-refractivity contribution in [1.82, 2.24) is 0 Å². The fourth-order valence-corrected chi connectivity index (χ4v) is 11.2. The molecule has 3 N–H and O–H groups in total. The predicted molar refractivity (Wildman–Crippen MR) is 171 cm³/mol. The fourth-order valence-electron chi connectivity index (χ4n) is 6.96. The van der Waals surface area contributed by atoms with E-state index in [1.165, 1.54) is 12.1 Å². The van der Waals surface area contributed by atoms with E-state index in [1.807, 2.05) is 36.4 Å². The number of halogens is 1. The summed E-state index contributed by atoms with van der Waals surface area (Å²) in [6.45, 7) is 8.36. The third kappa shape index (κ3) is 5.49. The van der Waals surface area contributed by atoms with Crippen molar-refractivity contribution in [3.63, 3.8) is 0 Å². The first-order valence-corrected chi connectivity index (χ1v) is 18.0. The van der Waals surface area contributed by atoms with Gasteiger partial charge in [-0.05, 0) is 66.9 Å². The number of aliphatic hydroxyl groups excluding tert-OH is 2. The molecular weight excluding hydrogens is 584 g/mol. The zero-order valence-corrected chi connectivity index (χ0v) is 26.9. The number of hydrogen-bond acceptors (Lipinski definition) is 6. The first-order chi connectivity index (χ1) is 20.4. The van der Waals surface area contributed by atoms with Crippen molar-refractivity contribution in [3.8, 4) is 5.75 Å². The molecule has 1 spiro atoms. The summed E-state index contributed by atoms with van der Waals surface area (Å²) in [6, 6.07) is 20.9. The van der Waals surface area contributed by atoms with Crippen LogP contribution in [0.3, 0.4) is 0 Å². The van der Waals surface area contributed by atoms with E-state index in [1.54, 1.807) is 30.2 Å². The fraction of sp³-hybridized carbons (Fsp3) is 0.394. The van der Waals surface area contributed by atoms with Crippen LogP contribution in [0.2, 0.25) is 23.7 Å². The Hall–Kier alpha value is -3.21. The average Bonchev–Trinajstić information content (AvgIpc) is 3.40. The number of anilines is 2. The quantitative estimate of drug-likeness (QED) is 0.296. The van der Waals surface area contributed by atoms with Crippen LogP contribution >= 0.6 is 11.6 Å². The minimum absolute atomic E-state index is 0.0283. The summed E-state index contributed by atoms with van der Waals surface area (Å²) in [5.74, 6) is -0.0405. The molecule has 5 atom stereocenters. The Morgan fingerprint density at radius 3 is 2.42 bits per heavy atom. The van der Waals surface area contributed by atoms with E-state index in [9.17, 15) is 19.8 Å². The highest BCUT2D eigenvalue weighted by Crippen LogP contribution is 2.60. The Morgan fingerprint density at radius 1 is 1.14 bits per heavy atom. The van der Waals surface area contributed by atoms with E-state index in [2.05, 4.69) is 37.5 Å². The van der Waals surface area contributed by atoms with Crippen LogP contribution in [0.1, 0.15) is 31.4 Å². The standard InChI is InChI=1S/C33H39ClN2O6Si/c1-20-30(43(4,5)26-13-11-25(41-3)12-14-26)29(16-17-37)42-33(20)27-18-23(34)8-15-28(27)36(32(33)40)19-22-6-9-24(10-7-22)35-31(39)21(2)38/h6-15,18,20-21,29-30,37-38H,16-17,19H2,1-5H3,(H,35,39)/t20-,21-,29+,30-,33+/m0/s1. The van der Waals surface area contributed by atoms with Crippen LogP contribution in [0.4, 0.5) is 11.4 Å². The molecule has 0 bridgehead atoms. The molecule has 2 aliphatic heterocycles. The number of benzene rings is 3. The number of ether oxygens (including phenoxy) is 2. The van der Waals surface area contributed by atoms with E-state index < -0.39 is 25.7 Å². The maximum absolute atomic E-state index is 14.7. The van der Waals surface area contributed by atoms with Crippen LogP contribution in [0.25, 0.3) is 0 Å². The number of amides is 2. The summed E-state index contributed by atoms with van der Waals surface area (Å²) in [5.41, 5.74) is 1.71. The number of carbonyl (C=O) groups excluding carboxylic acids is 2. The van der Waals surface area contributed by atoms with E-state index in [-0.39, 0.29) is 30.1 Å². The average molecular weight is 623 g/mol. The topological polar surface area (TPSA) is 108 Å². The van der Waals surface area contributed by atoms with Crippen LogP contribution < -0.4 is 20.1 Å². The van der Waals surface area contributed by atoms with E-state index in [0.717, 1.165) is 22.6 Å². The number of carbonyl (C=O) groups is 2. The van der Waals surface area contributed by atoms with Gasteiger partial charge in [-0.2, -0.15) is 0 Å². The Balaban J connectivity index is 1.51. The van der Waals surface area contributed by atoms with Crippen molar-refractivity contribution < 1.29 is 29.3 Å². The van der Waals surface area contributed by atoms with Crippen LogP contribution in [-0.2, 0) is 26.5 Å². The molecular formula is C33H39ClN2O6Si. The number of rotatable bonds is 9. The van der Waals surface area contributed by atoms with Gasteiger partial charge in [0, 0.05) is 28.8 Å². The summed E-state index contributed by atoms with van der Waals surface area (Å²) in [7, 11) is -0.627.